The molecule has 0 aliphatic carbocycles. The lowest BCUT2D eigenvalue weighted by Gasteiger charge is -2.08. The van der Waals surface area contributed by atoms with Crippen molar-refractivity contribution < 1.29 is 4.74 Å². The zero-order valence-electron chi connectivity index (χ0n) is 12.0. The summed E-state index contributed by atoms with van der Waals surface area (Å²) in [6, 6.07) is 14.9. The maximum Gasteiger partial charge on any atom is 0.178 e. The average Bonchev–Trinajstić information content (AvgIpc) is 2.53. The van der Waals surface area contributed by atoms with Gasteiger partial charge >= 0.3 is 0 Å². The molecule has 0 saturated carbocycles. The summed E-state index contributed by atoms with van der Waals surface area (Å²) in [4.78, 5) is 13.2. The molecule has 3 rings (SSSR count). The third kappa shape index (κ3) is 3.59. The number of pyridine rings is 1. The number of hydrogen-bond donors (Lipinski definition) is 0. The molecule has 0 amide bonds. The lowest BCUT2D eigenvalue weighted by Crippen LogP contribution is -2.03. The molecule has 0 unspecified atom stereocenters. The van der Waals surface area contributed by atoms with Crippen LogP contribution in [0, 0.1) is 6.92 Å². The Morgan fingerprint density at radius 3 is 2.73 bits per heavy atom. The van der Waals surface area contributed by atoms with Gasteiger partial charge in [0.1, 0.15) is 18.1 Å². The summed E-state index contributed by atoms with van der Waals surface area (Å²) in [5, 5.41) is 0.644. The van der Waals surface area contributed by atoms with Crippen LogP contribution in [-0.2, 0) is 6.61 Å². The maximum absolute atomic E-state index is 5.94. The Balaban J connectivity index is 1.81. The molecule has 0 saturated heterocycles. The first-order valence-corrected chi connectivity index (χ1v) is 7.23. The van der Waals surface area contributed by atoms with Gasteiger partial charge in [-0.05, 0) is 43.3 Å². The van der Waals surface area contributed by atoms with Crippen molar-refractivity contribution in [2.75, 3.05) is 0 Å². The average molecular weight is 312 g/mol. The normalized spacial score (nSPS) is 10.5. The highest BCUT2D eigenvalue weighted by molar-refractivity contribution is 6.30. The molecule has 0 aliphatic rings. The zero-order chi connectivity index (χ0) is 15.4. The number of ether oxygens (including phenoxy) is 1. The van der Waals surface area contributed by atoms with E-state index in [0.29, 0.717) is 23.2 Å². The number of halogens is 1. The van der Waals surface area contributed by atoms with Gasteiger partial charge in [-0.25, -0.2) is 9.97 Å². The third-order valence-electron chi connectivity index (χ3n) is 2.98. The van der Waals surface area contributed by atoms with Crippen LogP contribution in [0.1, 0.15) is 11.4 Å². The van der Waals surface area contributed by atoms with E-state index < -0.39 is 0 Å². The first-order chi connectivity index (χ1) is 10.7. The SMILES string of the molecule is Cc1cc(COc2cccc(Cl)c2)nc(-c2ccccn2)n1. The highest BCUT2D eigenvalue weighted by Crippen LogP contribution is 2.19. The van der Waals surface area contributed by atoms with Gasteiger partial charge in [-0.15, -0.1) is 0 Å². The smallest absolute Gasteiger partial charge is 0.178 e. The molecule has 4 nitrogen and oxygen atoms in total. The number of benzene rings is 1. The second kappa shape index (κ2) is 6.54. The van der Waals surface area contributed by atoms with Crippen LogP contribution in [0.5, 0.6) is 5.75 Å². The van der Waals surface area contributed by atoms with Crippen LogP contribution < -0.4 is 4.74 Å². The van der Waals surface area contributed by atoms with E-state index in [9.17, 15) is 0 Å². The predicted molar refractivity (Wildman–Crippen MR) is 85.8 cm³/mol. The molecule has 2 aromatic heterocycles. The summed E-state index contributed by atoms with van der Waals surface area (Å²) in [7, 11) is 0. The van der Waals surface area contributed by atoms with E-state index in [2.05, 4.69) is 15.0 Å². The maximum atomic E-state index is 5.94. The van der Waals surface area contributed by atoms with Gasteiger partial charge in [-0.1, -0.05) is 23.7 Å². The summed E-state index contributed by atoms with van der Waals surface area (Å²) in [6.07, 6.45) is 1.73. The van der Waals surface area contributed by atoms with Gasteiger partial charge in [-0.2, -0.15) is 0 Å². The summed E-state index contributed by atoms with van der Waals surface area (Å²) in [6.45, 7) is 2.28. The first kappa shape index (κ1) is 14.5. The van der Waals surface area contributed by atoms with Gasteiger partial charge in [0.05, 0.1) is 5.69 Å². The standard InChI is InChI=1S/C17H14ClN3O/c1-12-9-14(11-22-15-6-4-5-13(18)10-15)21-17(20-12)16-7-2-3-8-19-16/h2-10H,11H2,1H3. The molecule has 5 heteroatoms. The highest BCUT2D eigenvalue weighted by atomic mass is 35.5. The van der Waals surface area contributed by atoms with Gasteiger partial charge < -0.3 is 4.74 Å². The van der Waals surface area contributed by atoms with E-state index in [-0.39, 0.29) is 0 Å². The van der Waals surface area contributed by atoms with Crippen LogP contribution in [0.15, 0.2) is 54.7 Å². The molecule has 2 heterocycles. The van der Waals surface area contributed by atoms with Crippen LogP contribution in [0.2, 0.25) is 5.02 Å². The number of aryl methyl sites for hydroxylation is 1. The Hall–Kier alpha value is -2.46. The van der Waals surface area contributed by atoms with E-state index in [4.69, 9.17) is 16.3 Å². The van der Waals surface area contributed by atoms with Gasteiger partial charge in [0, 0.05) is 16.9 Å². The highest BCUT2D eigenvalue weighted by Gasteiger charge is 2.06. The van der Waals surface area contributed by atoms with Crippen molar-refractivity contribution in [3.63, 3.8) is 0 Å². The molecule has 110 valence electrons. The molecule has 3 aromatic rings. The first-order valence-electron chi connectivity index (χ1n) is 6.85. The van der Waals surface area contributed by atoms with Crippen molar-refractivity contribution in [2.24, 2.45) is 0 Å². The molecular weight excluding hydrogens is 298 g/mol. The second-order valence-electron chi connectivity index (χ2n) is 4.79. The van der Waals surface area contributed by atoms with Crippen molar-refractivity contribution in [3.05, 3.63) is 71.1 Å². The summed E-state index contributed by atoms with van der Waals surface area (Å²) < 4.78 is 5.72. The van der Waals surface area contributed by atoms with Gasteiger partial charge in [0.2, 0.25) is 0 Å². The van der Waals surface area contributed by atoms with Gasteiger partial charge in [0.25, 0.3) is 0 Å². The minimum atomic E-state index is 0.351. The van der Waals surface area contributed by atoms with Crippen molar-refractivity contribution in [2.45, 2.75) is 13.5 Å². The minimum absolute atomic E-state index is 0.351. The quantitative estimate of drug-likeness (QED) is 0.728. The molecule has 0 radical (unpaired) electrons. The lowest BCUT2D eigenvalue weighted by molar-refractivity contribution is 0.301. The van der Waals surface area contributed by atoms with Crippen molar-refractivity contribution in [1.29, 1.82) is 0 Å². The molecule has 1 aromatic carbocycles. The summed E-state index contributed by atoms with van der Waals surface area (Å²) in [5.41, 5.74) is 2.42. The van der Waals surface area contributed by atoms with Gasteiger partial charge in [0.15, 0.2) is 5.82 Å². The van der Waals surface area contributed by atoms with Crippen LogP contribution in [0.4, 0.5) is 0 Å². The topological polar surface area (TPSA) is 47.9 Å². The minimum Gasteiger partial charge on any atom is -0.487 e. The number of rotatable bonds is 4. The van der Waals surface area contributed by atoms with Crippen molar-refractivity contribution in [3.8, 4) is 17.3 Å². The van der Waals surface area contributed by atoms with E-state index in [1.54, 1.807) is 12.3 Å². The predicted octanol–water partition coefficient (Wildman–Crippen LogP) is 4.08. The number of nitrogens with zero attached hydrogens (tertiary/aromatic N) is 3. The van der Waals surface area contributed by atoms with Crippen LogP contribution in [0.3, 0.4) is 0 Å². The zero-order valence-corrected chi connectivity index (χ0v) is 12.8. The van der Waals surface area contributed by atoms with E-state index in [1.807, 2.05) is 49.4 Å². The van der Waals surface area contributed by atoms with E-state index >= 15 is 0 Å². The Bertz CT molecular complexity index is 778. The number of hydrogen-bond acceptors (Lipinski definition) is 4. The molecule has 0 fully saturated rings. The molecule has 0 aliphatic heterocycles. The van der Waals surface area contributed by atoms with Crippen molar-refractivity contribution >= 4 is 11.6 Å². The lowest BCUT2D eigenvalue weighted by atomic mass is 10.3. The van der Waals surface area contributed by atoms with Crippen LogP contribution in [0.25, 0.3) is 11.5 Å². The van der Waals surface area contributed by atoms with Gasteiger partial charge in [-0.3, -0.25) is 4.98 Å². The fourth-order valence-electron chi connectivity index (χ4n) is 2.03. The summed E-state index contributed by atoms with van der Waals surface area (Å²) >= 11 is 5.94. The Labute approximate surface area is 133 Å². The molecular formula is C17H14ClN3O. The molecule has 0 bridgehead atoms. The Morgan fingerprint density at radius 1 is 1.05 bits per heavy atom. The second-order valence-corrected chi connectivity index (χ2v) is 5.22. The molecule has 22 heavy (non-hydrogen) atoms. The summed E-state index contributed by atoms with van der Waals surface area (Å²) in [5.74, 6) is 1.31. The van der Waals surface area contributed by atoms with Crippen LogP contribution >= 0.6 is 11.6 Å². The fourth-order valence-corrected chi connectivity index (χ4v) is 2.21. The van der Waals surface area contributed by atoms with E-state index in [1.165, 1.54) is 0 Å². The van der Waals surface area contributed by atoms with E-state index in [0.717, 1.165) is 17.1 Å². The largest absolute Gasteiger partial charge is 0.487 e. The van der Waals surface area contributed by atoms with Crippen LogP contribution in [-0.4, -0.2) is 15.0 Å². The molecule has 0 atom stereocenters. The number of aromatic nitrogens is 3. The molecule has 0 N–H and O–H groups in total. The van der Waals surface area contributed by atoms with Crippen molar-refractivity contribution in [1.82, 2.24) is 15.0 Å². The fraction of sp³-hybridized carbons (Fsp3) is 0.118. The third-order valence-corrected chi connectivity index (χ3v) is 3.22. The molecule has 0 spiro atoms. The monoisotopic (exact) mass is 311 g/mol. The Morgan fingerprint density at radius 2 is 1.95 bits per heavy atom. The Kier molecular flexibility index (Phi) is 4.30.